The summed E-state index contributed by atoms with van der Waals surface area (Å²) in [6, 6.07) is 7.21. The second-order valence-corrected chi connectivity index (χ2v) is 4.97. The molecule has 0 heterocycles. The molecule has 0 saturated heterocycles. The largest absolute Gasteiger partial charge is 0.393 e. The molecule has 0 radical (unpaired) electrons. The maximum Gasteiger partial charge on any atom is 0.252 e. The minimum absolute atomic E-state index is 0.116. The molecule has 0 bridgehead atoms. The van der Waals surface area contributed by atoms with Crippen molar-refractivity contribution in [2.24, 2.45) is 5.92 Å². The van der Waals surface area contributed by atoms with Crippen molar-refractivity contribution in [3.63, 3.8) is 0 Å². The van der Waals surface area contributed by atoms with Crippen molar-refractivity contribution in [2.75, 3.05) is 6.54 Å². The van der Waals surface area contributed by atoms with Gasteiger partial charge >= 0.3 is 0 Å². The monoisotopic (exact) mass is 251 g/mol. The highest BCUT2D eigenvalue weighted by molar-refractivity contribution is 7.80. The van der Waals surface area contributed by atoms with Gasteiger partial charge in [0.15, 0.2) is 0 Å². The molecule has 0 aromatic heterocycles. The maximum atomic E-state index is 11.9. The van der Waals surface area contributed by atoms with Gasteiger partial charge in [-0.15, -0.1) is 12.6 Å². The third kappa shape index (κ3) is 3.01. The first-order valence-electron chi connectivity index (χ1n) is 5.92. The Hall–Kier alpha value is -1.00. The van der Waals surface area contributed by atoms with Gasteiger partial charge in [-0.25, -0.2) is 0 Å². The summed E-state index contributed by atoms with van der Waals surface area (Å²) < 4.78 is 0. The average molecular weight is 251 g/mol. The normalized spacial score (nSPS) is 23.6. The molecule has 3 nitrogen and oxygen atoms in total. The lowest BCUT2D eigenvalue weighted by Gasteiger charge is -2.15. The summed E-state index contributed by atoms with van der Waals surface area (Å²) in [5, 5.41) is 12.5. The van der Waals surface area contributed by atoms with E-state index < -0.39 is 0 Å². The Morgan fingerprint density at radius 3 is 2.82 bits per heavy atom. The van der Waals surface area contributed by atoms with Crippen molar-refractivity contribution in [1.82, 2.24) is 5.32 Å². The molecule has 2 rings (SSSR count). The van der Waals surface area contributed by atoms with Crippen molar-refractivity contribution in [3.05, 3.63) is 29.8 Å². The zero-order valence-electron chi connectivity index (χ0n) is 9.60. The lowest BCUT2D eigenvalue weighted by atomic mass is 10.1. The van der Waals surface area contributed by atoms with Gasteiger partial charge in [-0.2, -0.15) is 0 Å². The Morgan fingerprint density at radius 2 is 2.18 bits per heavy atom. The van der Waals surface area contributed by atoms with E-state index in [1.807, 2.05) is 12.1 Å². The second-order valence-electron chi connectivity index (χ2n) is 4.49. The van der Waals surface area contributed by atoms with Crippen molar-refractivity contribution in [1.29, 1.82) is 0 Å². The van der Waals surface area contributed by atoms with Crippen LogP contribution in [-0.4, -0.2) is 23.7 Å². The van der Waals surface area contributed by atoms with E-state index in [9.17, 15) is 9.90 Å². The van der Waals surface area contributed by atoms with E-state index in [0.29, 0.717) is 17.0 Å². The van der Waals surface area contributed by atoms with E-state index in [0.717, 1.165) is 19.3 Å². The second kappa shape index (κ2) is 5.56. The molecular formula is C13H17NO2S. The van der Waals surface area contributed by atoms with E-state index in [1.54, 1.807) is 12.1 Å². The smallest absolute Gasteiger partial charge is 0.252 e. The number of aliphatic hydroxyl groups excluding tert-OH is 1. The fraction of sp³-hybridized carbons (Fsp3) is 0.462. The van der Waals surface area contributed by atoms with Crippen LogP contribution in [0.2, 0.25) is 0 Å². The van der Waals surface area contributed by atoms with Crippen LogP contribution in [0.1, 0.15) is 29.6 Å². The van der Waals surface area contributed by atoms with Gasteiger partial charge in [0.1, 0.15) is 0 Å². The molecule has 0 spiro atoms. The average Bonchev–Trinajstić information content (AvgIpc) is 2.72. The quantitative estimate of drug-likeness (QED) is 0.718. The van der Waals surface area contributed by atoms with Gasteiger partial charge in [-0.3, -0.25) is 4.79 Å². The van der Waals surface area contributed by atoms with Gasteiger partial charge in [0.25, 0.3) is 5.91 Å². The third-order valence-corrected chi connectivity index (χ3v) is 3.68. The van der Waals surface area contributed by atoms with Crippen LogP contribution in [-0.2, 0) is 0 Å². The van der Waals surface area contributed by atoms with Gasteiger partial charge in [0.05, 0.1) is 11.7 Å². The Balaban J connectivity index is 1.91. The van der Waals surface area contributed by atoms with Crippen LogP contribution in [0.4, 0.5) is 0 Å². The Kier molecular flexibility index (Phi) is 4.07. The number of hydrogen-bond donors (Lipinski definition) is 3. The standard InChI is InChI=1S/C13H17NO2S/c15-11-6-3-4-9(11)8-14-13(16)10-5-1-2-7-12(10)17/h1-2,5,7,9,11,15,17H,3-4,6,8H2,(H,14,16). The summed E-state index contributed by atoms with van der Waals surface area (Å²) >= 11 is 4.25. The topological polar surface area (TPSA) is 49.3 Å². The van der Waals surface area contributed by atoms with Gasteiger partial charge in [0, 0.05) is 17.4 Å². The fourth-order valence-electron chi connectivity index (χ4n) is 2.24. The van der Waals surface area contributed by atoms with E-state index >= 15 is 0 Å². The summed E-state index contributed by atoms with van der Waals surface area (Å²) in [6.45, 7) is 0.544. The van der Waals surface area contributed by atoms with Crippen LogP contribution in [0.25, 0.3) is 0 Å². The van der Waals surface area contributed by atoms with Crippen LogP contribution in [0.3, 0.4) is 0 Å². The molecule has 1 saturated carbocycles. The van der Waals surface area contributed by atoms with Crippen LogP contribution in [0.5, 0.6) is 0 Å². The maximum absolute atomic E-state index is 11.9. The summed E-state index contributed by atoms with van der Waals surface area (Å²) in [5.74, 6) is 0.0840. The molecule has 2 N–H and O–H groups in total. The highest BCUT2D eigenvalue weighted by Gasteiger charge is 2.25. The number of hydrogen-bond acceptors (Lipinski definition) is 3. The van der Waals surface area contributed by atoms with Crippen molar-refractivity contribution >= 4 is 18.5 Å². The van der Waals surface area contributed by atoms with Gasteiger partial charge in [-0.1, -0.05) is 18.6 Å². The number of nitrogens with one attached hydrogen (secondary N) is 1. The summed E-state index contributed by atoms with van der Waals surface area (Å²) in [5.41, 5.74) is 0.586. The molecule has 92 valence electrons. The highest BCUT2D eigenvalue weighted by Crippen LogP contribution is 2.24. The van der Waals surface area contributed by atoms with Gasteiger partial charge in [-0.05, 0) is 25.0 Å². The molecule has 1 fully saturated rings. The summed E-state index contributed by atoms with van der Waals surface area (Å²) in [7, 11) is 0. The minimum atomic E-state index is -0.262. The van der Waals surface area contributed by atoms with Gasteiger partial charge < -0.3 is 10.4 Å². The number of carbonyl (C=O) groups is 1. The minimum Gasteiger partial charge on any atom is -0.393 e. The van der Waals surface area contributed by atoms with Crippen LogP contribution in [0, 0.1) is 5.92 Å². The van der Waals surface area contributed by atoms with Crippen molar-refractivity contribution < 1.29 is 9.90 Å². The number of thiol groups is 1. The fourth-order valence-corrected chi connectivity index (χ4v) is 2.50. The first kappa shape index (κ1) is 12.5. The first-order valence-corrected chi connectivity index (χ1v) is 6.37. The Labute approximate surface area is 107 Å². The van der Waals surface area contributed by atoms with Gasteiger partial charge in [0.2, 0.25) is 0 Å². The van der Waals surface area contributed by atoms with Crippen LogP contribution in [0.15, 0.2) is 29.2 Å². The summed E-state index contributed by atoms with van der Waals surface area (Å²) in [6.07, 6.45) is 2.62. The summed E-state index contributed by atoms with van der Waals surface area (Å²) in [4.78, 5) is 12.6. The molecule has 1 amide bonds. The lowest BCUT2D eigenvalue weighted by Crippen LogP contribution is -2.32. The number of benzene rings is 1. The van der Waals surface area contributed by atoms with Crippen LogP contribution < -0.4 is 5.32 Å². The predicted molar refractivity (Wildman–Crippen MR) is 69.4 cm³/mol. The molecule has 1 aromatic carbocycles. The zero-order chi connectivity index (χ0) is 12.3. The molecular weight excluding hydrogens is 234 g/mol. The number of aliphatic hydroxyl groups is 1. The Morgan fingerprint density at radius 1 is 1.41 bits per heavy atom. The molecule has 1 aliphatic carbocycles. The molecule has 1 aliphatic rings. The predicted octanol–water partition coefficient (Wildman–Crippen LogP) is 1.87. The SMILES string of the molecule is O=C(NCC1CCCC1O)c1ccccc1S. The zero-order valence-corrected chi connectivity index (χ0v) is 10.5. The highest BCUT2D eigenvalue weighted by atomic mass is 32.1. The molecule has 2 unspecified atom stereocenters. The van der Waals surface area contributed by atoms with Crippen molar-refractivity contribution in [3.8, 4) is 0 Å². The number of rotatable bonds is 3. The molecule has 0 aliphatic heterocycles. The number of amides is 1. The number of carbonyl (C=O) groups excluding carboxylic acids is 1. The lowest BCUT2D eigenvalue weighted by molar-refractivity contribution is 0.0914. The van der Waals surface area contributed by atoms with E-state index in [-0.39, 0.29) is 17.9 Å². The van der Waals surface area contributed by atoms with E-state index in [1.165, 1.54) is 0 Å². The third-order valence-electron chi connectivity index (χ3n) is 3.29. The molecule has 1 aromatic rings. The van der Waals surface area contributed by atoms with Crippen molar-refractivity contribution in [2.45, 2.75) is 30.3 Å². The Bertz CT molecular complexity index is 408. The molecule has 4 heteroatoms. The first-order chi connectivity index (χ1) is 8.18. The van der Waals surface area contributed by atoms with E-state index in [4.69, 9.17) is 0 Å². The molecule has 17 heavy (non-hydrogen) atoms. The van der Waals surface area contributed by atoms with Crippen LogP contribution >= 0.6 is 12.6 Å². The molecule has 2 atom stereocenters. The van der Waals surface area contributed by atoms with E-state index in [2.05, 4.69) is 17.9 Å².